The Labute approximate surface area is 183 Å². The van der Waals surface area contributed by atoms with Gasteiger partial charge in [-0.05, 0) is 39.8 Å². The molecule has 0 aliphatic carbocycles. The largest absolute Gasteiger partial charge is 0.348 e. The monoisotopic (exact) mass is 442 g/mol. The number of carbonyl (C=O) groups is 2. The maximum Gasteiger partial charge on any atom is 0.272 e. The van der Waals surface area contributed by atoms with Crippen molar-refractivity contribution in [2.75, 3.05) is 20.1 Å². The molecule has 1 N–H and O–H groups in total. The van der Waals surface area contributed by atoms with Crippen LogP contribution in [0.5, 0.6) is 0 Å². The summed E-state index contributed by atoms with van der Waals surface area (Å²) in [6, 6.07) is 3.05. The molecule has 1 aromatic heterocycles. The van der Waals surface area contributed by atoms with Gasteiger partial charge in [-0.3, -0.25) is 19.3 Å². The summed E-state index contributed by atoms with van der Waals surface area (Å²) < 4.78 is 29.0. The number of hydrogen-bond acceptors (Lipinski definition) is 4. The SMILES string of the molecule is Cc1c2n3c(c(C(=O)NCc4ccc(F)cc4F)c1=O)CCC3C1(C)N(C)CCN1C2=O. The Morgan fingerprint density at radius 1 is 1.25 bits per heavy atom. The smallest absolute Gasteiger partial charge is 0.272 e. The zero-order chi connectivity index (χ0) is 22.9. The van der Waals surface area contributed by atoms with Crippen molar-refractivity contribution in [3.8, 4) is 0 Å². The zero-order valence-electron chi connectivity index (χ0n) is 18.2. The fourth-order valence-corrected chi connectivity index (χ4v) is 5.58. The minimum Gasteiger partial charge on any atom is -0.348 e. The van der Waals surface area contributed by atoms with Gasteiger partial charge in [-0.1, -0.05) is 6.07 Å². The van der Waals surface area contributed by atoms with E-state index in [1.54, 1.807) is 6.92 Å². The first-order valence-corrected chi connectivity index (χ1v) is 10.7. The summed E-state index contributed by atoms with van der Waals surface area (Å²) in [5.74, 6) is -2.28. The fourth-order valence-electron chi connectivity index (χ4n) is 5.58. The predicted octanol–water partition coefficient (Wildman–Crippen LogP) is 1.97. The quantitative estimate of drug-likeness (QED) is 0.789. The van der Waals surface area contributed by atoms with Crippen LogP contribution in [-0.4, -0.2) is 52.0 Å². The summed E-state index contributed by atoms with van der Waals surface area (Å²) in [7, 11) is 1.98. The van der Waals surface area contributed by atoms with Crippen LogP contribution in [0.3, 0.4) is 0 Å². The number of rotatable bonds is 3. The molecule has 3 aliphatic heterocycles. The average Bonchev–Trinajstić information content (AvgIpc) is 3.30. The molecule has 168 valence electrons. The number of pyridine rings is 1. The van der Waals surface area contributed by atoms with Gasteiger partial charge in [0, 0.05) is 42.5 Å². The maximum atomic E-state index is 14.0. The van der Waals surface area contributed by atoms with Crippen molar-refractivity contribution in [3.63, 3.8) is 0 Å². The molecule has 2 atom stereocenters. The first kappa shape index (κ1) is 20.8. The number of nitrogens with zero attached hydrogens (tertiary/aromatic N) is 3. The number of aromatic nitrogens is 1. The van der Waals surface area contributed by atoms with Gasteiger partial charge in [-0.15, -0.1) is 0 Å². The number of likely N-dealkylation sites (N-methyl/N-ethyl adjacent to an activating group) is 1. The van der Waals surface area contributed by atoms with E-state index in [0.29, 0.717) is 30.8 Å². The van der Waals surface area contributed by atoms with E-state index in [-0.39, 0.29) is 35.2 Å². The van der Waals surface area contributed by atoms with Crippen LogP contribution in [0.15, 0.2) is 23.0 Å². The summed E-state index contributed by atoms with van der Waals surface area (Å²) in [5.41, 5.74) is 0.279. The van der Waals surface area contributed by atoms with Crippen molar-refractivity contribution in [3.05, 3.63) is 68.1 Å². The number of halogens is 2. The van der Waals surface area contributed by atoms with E-state index in [9.17, 15) is 23.2 Å². The van der Waals surface area contributed by atoms with E-state index in [2.05, 4.69) is 10.2 Å². The molecule has 0 bridgehead atoms. The molecule has 7 nitrogen and oxygen atoms in total. The topological polar surface area (TPSA) is 74.7 Å². The maximum absolute atomic E-state index is 14.0. The molecule has 32 heavy (non-hydrogen) atoms. The molecule has 1 aromatic carbocycles. The van der Waals surface area contributed by atoms with Gasteiger partial charge in [0.2, 0.25) is 0 Å². The van der Waals surface area contributed by atoms with E-state index < -0.39 is 28.6 Å². The van der Waals surface area contributed by atoms with Crippen LogP contribution in [0.1, 0.15) is 57.1 Å². The Bertz CT molecular complexity index is 1240. The molecule has 1 fully saturated rings. The Balaban J connectivity index is 1.57. The molecular formula is C23H24F2N4O3. The second kappa shape index (κ2) is 6.96. The van der Waals surface area contributed by atoms with E-state index in [4.69, 9.17) is 0 Å². The van der Waals surface area contributed by atoms with Crippen molar-refractivity contribution in [1.29, 1.82) is 0 Å². The lowest BCUT2D eigenvalue weighted by Crippen LogP contribution is -2.61. The van der Waals surface area contributed by atoms with E-state index >= 15 is 0 Å². The number of fused-ring (bicyclic) bond motifs is 2. The van der Waals surface area contributed by atoms with E-state index in [1.165, 1.54) is 6.07 Å². The lowest BCUT2D eigenvalue weighted by Gasteiger charge is -2.49. The van der Waals surface area contributed by atoms with Crippen LogP contribution in [0.2, 0.25) is 0 Å². The molecule has 9 heteroatoms. The van der Waals surface area contributed by atoms with Crippen molar-refractivity contribution < 1.29 is 18.4 Å². The van der Waals surface area contributed by atoms with Crippen LogP contribution >= 0.6 is 0 Å². The van der Waals surface area contributed by atoms with Crippen molar-refractivity contribution in [2.24, 2.45) is 0 Å². The van der Waals surface area contributed by atoms with Gasteiger partial charge in [-0.25, -0.2) is 8.78 Å². The van der Waals surface area contributed by atoms with Crippen molar-refractivity contribution in [2.45, 2.75) is 44.9 Å². The van der Waals surface area contributed by atoms with Gasteiger partial charge in [0.15, 0.2) is 5.43 Å². The number of nitrogens with one attached hydrogen (secondary N) is 1. The van der Waals surface area contributed by atoms with E-state index in [0.717, 1.165) is 18.7 Å². The normalized spacial score (nSPS) is 24.0. The summed E-state index contributed by atoms with van der Waals surface area (Å²) in [5, 5.41) is 2.60. The van der Waals surface area contributed by atoms with Gasteiger partial charge in [0.25, 0.3) is 11.8 Å². The van der Waals surface area contributed by atoms with E-state index in [1.807, 2.05) is 23.4 Å². The number of amides is 2. The minimum absolute atomic E-state index is 0.00164. The molecule has 2 aromatic rings. The van der Waals surface area contributed by atoms with Gasteiger partial charge in [-0.2, -0.15) is 0 Å². The second-order valence-corrected chi connectivity index (χ2v) is 8.94. The molecule has 3 aliphatic rings. The lowest BCUT2D eigenvalue weighted by molar-refractivity contribution is -0.00966. The molecule has 0 saturated carbocycles. The molecular weight excluding hydrogens is 418 g/mol. The van der Waals surface area contributed by atoms with Crippen LogP contribution < -0.4 is 10.7 Å². The highest BCUT2D eigenvalue weighted by molar-refractivity contribution is 6.00. The molecule has 1 saturated heterocycles. The minimum atomic E-state index is -0.767. The molecule has 4 heterocycles. The standard InChI is InChI=1S/C23H24F2N4O3/c1-12-19-22(32)28-9-8-27(3)23(28,2)17-7-6-16(29(17)19)18(20(12)30)21(31)26-11-13-4-5-14(24)10-15(13)25/h4-5,10,17H,6-9,11H2,1-3H3,(H,26,31). The first-order chi connectivity index (χ1) is 15.2. The van der Waals surface area contributed by atoms with Gasteiger partial charge in [0.1, 0.15) is 28.6 Å². The second-order valence-electron chi connectivity index (χ2n) is 8.94. The molecule has 2 amide bonds. The highest BCUT2D eigenvalue weighted by Gasteiger charge is 2.57. The van der Waals surface area contributed by atoms with Crippen LogP contribution in [0, 0.1) is 18.6 Å². The third kappa shape index (κ3) is 2.63. The third-order valence-corrected chi connectivity index (χ3v) is 7.45. The summed E-state index contributed by atoms with van der Waals surface area (Å²) in [6.07, 6.45) is 1.19. The Morgan fingerprint density at radius 2 is 2.00 bits per heavy atom. The van der Waals surface area contributed by atoms with Crippen LogP contribution in [0.4, 0.5) is 8.78 Å². The lowest BCUT2D eigenvalue weighted by atomic mass is 9.94. The first-order valence-electron chi connectivity index (χ1n) is 10.7. The molecule has 0 spiro atoms. The van der Waals surface area contributed by atoms with Crippen LogP contribution in [-0.2, 0) is 13.0 Å². The molecule has 0 radical (unpaired) electrons. The van der Waals surface area contributed by atoms with Crippen LogP contribution in [0.25, 0.3) is 0 Å². The Morgan fingerprint density at radius 3 is 2.72 bits per heavy atom. The number of carbonyl (C=O) groups excluding carboxylic acids is 2. The fraction of sp³-hybridized carbons (Fsp3) is 0.435. The zero-order valence-corrected chi connectivity index (χ0v) is 18.2. The Kier molecular flexibility index (Phi) is 4.53. The third-order valence-electron chi connectivity index (χ3n) is 7.45. The average molecular weight is 442 g/mol. The highest BCUT2D eigenvalue weighted by atomic mass is 19.1. The van der Waals surface area contributed by atoms with Crippen molar-refractivity contribution >= 4 is 11.8 Å². The van der Waals surface area contributed by atoms with Crippen molar-refractivity contribution in [1.82, 2.24) is 19.7 Å². The van der Waals surface area contributed by atoms with Gasteiger partial charge in [0.05, 0.1) is 6.04 Å². The summed E-state index contributed by atoms with van der Waals surface area (Å²) in [4.78, 5) is 43.6. The van der Waals surface area contributed by atoms with Gasteiger partial charge >= 0.3 is 0 Å². The molecule has 5 rings (SSSR count). The number of benzene rings is 1. The predicted molar refractivity (Wildman–Crippen MR) is 112 cm³/mol. The highest BCUT2D eigenvalue weighted by Crippen LogP contribution is 2.47. The Hall–Kier alpha value is -3.07. The van der Waals surface area contributed by atoms with Gasteiger partial charge < -0.3 is 14.8 Å². The molecule has 2 unspecified atom stereocenters. The summed E-state index contributed by atoms with van der Waals surface area (Å²) >= 11 is 0. The summed E-state index contributed by atoms with van der Waals surface area (Å²) in [6.45, 7) is 4.77. The number of hydrogen-bond donors (Lipinski definition) is 1.